The molecule has 0 rings (SSSR count). The fraction of sp³-hybridized carbons (Fsp3) is 0.933. The monoisotopic (exact) mass is 305 g/mol. The van der Waals surface area contributed by atoms with E-state index >= 15 is 0 Å². The molecule has 0 atom stereocenters. The van der Waals surface area contributed by atoms with Crippen molar-refractivity contribution in [3.05, 3.63) is 0 Å². The lowest BCUT2D eigenvalue weighted by molar-refractivity contribution is -0.107. The molecule has 6 nitrogen and oxygen atoms in total. The van der Waals surface area contributed by atoms with Crippen LogP contribution in [-0.2, 0) is 23.7 Å². The summed E-state index contributed by atoms with van der Waals surface area (Å²) >= 11 is 0. The molecule has 0 amide bonds. The Bertz CT molecular complexity index is 218. The third-order valence-corrected chi connectivity index (χ3v) is 2.49. The molecule has 0 aromatic heterocycles. The molecule has 0 unspecified atom stereocenters. The van der Waals surface area contributed by atoms with Crippen molar-refractivity contribution in [3.8, 4) is 0 Å². The number of rotatable bonds is 15. The summed E-state index contributed by atoms with van der Waals surface area (Å²) in [4.78, 5) is 10.4. The number of nitrogens with one attached hydrogen (secondary N) is 1. The molecule has 6 heteroatoms. The molecule has 0 spiro atoms. The van der Waals surface area contributed by atoms with Crippen LogP contribution in [-0.4, -0.2) is 70.7 Å². The zero-order chi connectivity index (χ0) is 15.9. The third kappa shape index (κ3) is 15.7. The lowest BCUT2D eigenvalue weighted by Crippen LogP contribution is -2.39. The van der Waals surface area contributed by atoms with E-state index in [1.807, 2.05) is 27.7 Å². The quantitative estimate of drug-likeness (QED) is 0.360. The first-order valence-corrected chi connectivity index (χ1v) is 7.62. The smallest absolute Gasteiger partial charge is 0.133 e. The van der Waals surface area contributed by atoms with Gasteiger partial charge in [-0.15, -0.1) is 0 Å². The van der Waals surface area contributed by atoms with Crippen LogP contribution >= 0.6 is 0 Å². The van der Waals surface area contributed by atoms with Crippen LogP contribution in [0.25, 0.3) is 0 Å². The molecule has 0 radical (unpaired) electrons. The lowest BCUT2D eigenvalue weighted by atomic mass is 10.3. The zero-order valence-corrected chi connectivity index (χ0v) is 13.8. The fourth-order valence-corrected chi connectivity index (χ4v) is 1.52. The van der Waals surface area contributed by atoms with Gasteiger partial charge in [0.1, 0.15) is 6.29 Å². The van der Waals surface area contributed by atoms with Crippen LogP contribution in [0.15, 0.2) is 0 Å². The minimum absolute atomic E-state index is 0.00620. The van der Waals surface area contributed by atoms with E-state index in [0.29, 0.717) is 46.2 Å². The van der Waals surface area contributed by atoms with E-state index in [9.17, 15) is 4.79 Å². The first-order valence-electron chi connectivity index (χ1n) is 7.62. The molecule has 21 heavy (non-hydrogen) atoms. The van der Waals surface area contributed by atoms with Gasteiger partial charge in [0.2, 0.25) is 0 Å². The highest BCUT2D eigenvalue weighted by atomic mass is 16.5. The molecule has 0 aliphatic heterocycles. The van der Waals surface area contributed by atoms with Gasteiger partial charge < -0.3 is 29.1 Å². The maximum absolute atomic E-state index is 10.4. The Morgan fingerprint density at radius 1 is 0.857 bits per heavy atom. The van der Waals surface area contributed by atoms with Gasteiger partial charge >= 0.3 is 0 Å². The third-order valence-electron chi connectivity index (χ3n) is 2.49. The van der Waals surface area contributed by atoms with Crippen LogP contribution in [0.4, 0.5) is 0 Å². The number of ether oxygens (including phenoxy) is 4. The Morgan fingerprint density at radius 3 is 1.71 bits per heavy atom. The molecule has 0 aliphatic carbocycles. The van der Waals surface area contributed by atoms with Crippen LogP contribution in [0.3, 0.4) is 0 Å². The summed E-state index contributed by atoms with van der Waals surface area (Å²) in [7, 11) is 0. The van der Waals surface area contributed by atoms with Gasteiger partial charge in [-0.25, -0.2) is 0 Å². The van der Waals surface area contributed by atoms with Gasteiger partial charge in [0.05, 0.1) is 64.4 Å². The molecule has 0 aromatic carbocycles. The maximum atomic E-state index is 10.4. The molecule has 0 aromatic rings. The van der Waals surface area contributed by atoms with E-state index in [0.717, 1.165) is 6.29 Å². The van der Waals surface area contributed by atoms with Crippen LogP contribution in [0.5, 0.6) is 0 Å². The summed E-state index contributed by atoms with van der Waals surface area (Å²) < 4.78 is 21.8. The summed E-state index contributed by atoms with van der Waals surface area (Å²) in [6.45, 7) is 11.4. The van der Waals surface area contributed by atoms with Crippen molar-refractivity contribution in [1.82, 2.24) is 5.32 Å². The zero-order valence-electron chi connectivity index (χ0n) is 13.8. The summed E-state index contributed by atoms with van der Waals surface area (Å²) in [6, 6.07) is -0.00620. The van der Waals surface area contributed by atoms with E-state index in [4.69, 9.17) is 18.9 Å². The number of carbonyl (C=O) groups is 1. The van der Waals surface area contributed by atoms with E-state index in [1.54, 1.807) is 0 Å². The summed E-state index contributed by atoms with van der Waals surface area (Å²) in [5.41, 5.74) is 0. The standard InChI is InChI=1S/C15H31NO5/c1-13(2)20-9-7-18-11-15(16-5-6-17)12-19-8-10-21-14(3)4/h6,13-16H,5,7-12H2,1-4H3. The SMILES string of the molecule is CC(C)OCCOCC(COCCOC(C)C)NCC=O. The van der Waals surface area contributed by atoms with Crippen molar-refractivity contribution >= 4 is 6.29 Å². The van der Waals surface area contributed by atoms with E-state index in [1.165, 1.54) is 0 Å². The summed E-state index contributed by atoms with van der Waals surface area (Å²) in [5.74, 6) is 0. The van der Waals surface area contributed by atoms with Gasteiger partial charge in [-0.1, -0.05) is 0 Å². The highest BCUT2D eigenvalue weighted by Crippen LogP contribution is 1.93. The summed E-state index contributed by atoms with van der Waals surface area (Å²) in [6.07, 6.45) is 1.25. The van der Waals surface area contributed by atoms with E-state index in [2.05, 4.69) is 5.32 Å². The molecule has 0 saturated heterocycles. The first kappa shape index (κ1) is 20.5. The highest BCUT2D eigenvalue weighted by Gasteiger charge is 2.08. The first-order chi connectivity index (χ1) is 10.1. The van der Waals surface area contributed by atoms with E-state index in [-0.39, 0.29) is 18.2 Å². The predicted octanol–water partition coefficient (Wildman–Crippen LogP) is 1.03. The Balaban J connectivity index is 3.68. The lowest BCUT2D eigenvalue weighted by Gasteiger charge is -2.18. The number of hydrogen-bond acceptors (Lipinski definition) is 6. The average molecular weight is 305 g/mol. The van der Waals surface area contributed by atoms with Crippen LogP contribution in [0, 0.1) is 0 Å². The Kier molecular flexibility index (Phi) is 14.0. The minimum atomic E-state index is -0.00620. The van der Waals surface area contributed by atoms with Gasteiger partial charge in [0.15, 0.2) is 0 Å². The molecular weight excluding hydrogens is 274 g/mol. The van der Waals surface area contributed by atoms with Crippen molar-refractivity contribution in [2.24, 2.45) is 0 Å². The van der Waals surface area contributed by atoms with Crippen LogP contribution in [0.2, 0.25) is 0 Å². The Hall–Kier alpha value is -0.530. The molecule has 0 saturated carbocycles. The second-order valence-corrected chi connectivity index (χ2v) is 5.26. The maximum Gasteiger partial charge on any atom is 0.133 e. The van der Waals surface area contributed by atoms with Crippen molar-refractivity contribution in [1.29, 1.82) is 0 Å². The molecule has 1 N–H and O–H groups in total. The van der Waals surface area contributed by atoms with Gasteiger partial charge in [-0.3, -0.25) is 0 Å². The van der Waals surface area contributed by atoms with Crippen molar-refractivity contribution in [2.45, 2.75) is 45.9 Å². The van der Waals surface area contributed by atoms with E-state index < -0.39 is 0 Å². The second kappa shape index (κ2) is 14.4. The molecule has 126 valence electrons. The molecule has 0 bridgehead atoms. The minimum Gasteiger partial charge on any atom is -0.377 e. The van der Waals surface area contributed by atoms with Crippen molar-refractivity contribution < 1.29 is 23.7 Å². The number of aldehydes is 1. The van der Waals surface area contributed by atoms with Gasteiger partial charge in [-0.2, -0.15) is 0 Å². The molecule has 0 aliphatic rings. The molecular formula is C15H31NO5. The van der Waals surface area contributed by atoms with Crippen molar-refractivity contribution in [3.63, 3.8) is 0 Å². The van der Waals surface area contributed by atoms with Crippen molar-refractivity contribution in [2.75, 3.05) is 46.2 Å². The largest absolute Gasteiger partial charge is 0.377 e. The van der Waals surface area contributed by atoms with Gasteiger partial charge in [-0.05, 0) is 27.7 Å². The fourth-order valence-electron chi connectivity index (χ4n) is 1.52. The van der Waals surface area contributed by atoms with Gasteiger partial charge in [0.25, 0.3) is 0 Å². The number of hydrogen-bond donors (Lipinski definition) is 1. The molecule has 0 heterocycles. The topological polar surface area (TPSA) is 66.0 Å². The summed E-state index contributed by atoms with van der Waals surface area (Å²) in [5, 5.41) is 3.07. The highest BCUT2D eigenvalue weighted by molar-refractivity contribution is 5.51. The Morgan fingerprint density at radius 2 is 1.33 bits per heavy atom. The van der Waals surface area contributed by atoms with Crippen LogP contribution < -0.4 is 5.32 Å². The van der Waals surface area contributed by atoms with Crippen LogP contribution in [0.1, 0.15) is 27.7 Å². The Labute approximate surface area is 128 Å². The molecule has 0 fully saturated rings. The van der Waals surface area contributed by atoms with Gasteiger partial charge in [0, 0.05) is 0 Å². The normalized spacial score (nSPS) is 11.8. The predicted molar refractivity (Wildman–Crippen MR) is 81.7 cm³/mol. The number of carbonyl (C=O) groups excluding carboxylic acids is 1. The average Bonchev–Trinajstić information content (AvgIpc) is 2.42. The second-order valence-electron chi connectivity index (χ2n) is 5.26.